The molecule has 0 aromatic rings. The monoisotopic (exact) mass is 258 g/mol. The highest BCUT2D eigenvalue weighted by Gasteiger charge is 2.15. The second-order valence-electron chi connectivity index (χ2n) is 4.26. The van der Waals surface area contributed by atoms with Crippen molar-refractivity contribution in [3.63, 3.8) is 0 Å². The van der Waals surface area contributed by atoms with Gasteiger partial charge in [-0.2, -0.15) is 0 Å². The Hall–Kier alpha value is -1.16. The molecule has 4 N–H and O–H groups in total. The highest BCUT2D eigenvalue weighted by Crippen LogP contribution is 2.24. The van der Waals surface area contributed by atoms with Gasteiger partial charge >= 0.3 is 0 Å². The number of hydrogen-bond acceptors (Lipinski definition) is 4. The molecule has 17 heavy (non-hydrogen) atoms. The summed E-state index contributed by atoms with van der Waals surface area (Å²) in [5.41, 5.74) is 5.63. The van der Waals surface area contributed by atoms with E-state index in [9.17, 15) is 0 Å². The number of aliphatic hydroxyl groups excluding tert-OH is 1. The van der Waals surface area contributed by atoms with Crippen LogP contribution in [-0.4, -0.2) is 16.9 Å². The molecule has 0 saturated heterocycles. The Labute approximate surface area is 107 Å². The van der Waals surface area contributed by atoms with Crippen molar-refractivity contribution in [3.8, 4) is 0 Å². The molecular weight excluding hydrogens is 240 g/mol. The molecule has 96 valence electrons. The lowest BCUT2D eigenvalue weighted by Gasteiger charge is -2.22. The molecule has 1 aliphatic rings. The second kappa shape index (κ2) is 7.22. The smallest absolute Gasteiger partial charge is 0.148 e. The average Bonchev–Trinajstić information content (AvgIpc) is 2.34. The van der Waals surface area contributed by atoms with E-state index < -0.39 is 0 Å². The van der Waals surface area contributed by atoms with Gasteiger partial charge in [-0.3, -0.25) is 5.41 Å². The summed E-state index contributed by atoms with van der Waals surface area (Å²) in [5.74, 6) is 0.793. The van der Waals surface area contributed by atoms with Gasteiger partial charge in [0.1, 0.15) is 22.9 Å². The van der Waals surface area contributed by atoms with E-state index in [4.69, 9.17) is 32.6 Å². The third-order valence-electron chi connectivity index (χ3n) is 2.88. The van der Waals surface area contributed by atoms with Crippen molar-refractivity contribution in [2.24, 2.45) is 11.7 Å². The number of nitrogens with two attached hydrogens (primary N) is 1. The zero-order valence-electron chi connectivity index (χ0n) is 9.79. The van der Waals surface area contributed by atoms with Crippen LogP contribution in [0.3, 0.4) is 0 Å². The molecular formula is C12H19ClN2O2. The van der Waals surface area contributed by atoms with Crippen LogP contribution in [0, 0.1) is 11.3 Å². The predicted molar refractivity (Wildman–Crippen MR) is 69.1 cm³/mol. The zero-order valence-corrected chi connectivity index (χ0v) is 10.5. The van der Waals surface area contributed by atoms with Crippen molar-refractivity contribution >= 4 is 16.8 Å². The molecule has 1 aliphatic carbocycles. The highest BCUT2D eigenvalue weighted by atomic mass is 35.5. The van der Waals surface area contributed by atoms with Crippen LogP contribution in [0.1, 0.15) is 32.1 Å². The standard InChI is InChI=1S/C12H19ClN2O2/c13-12(15)6-11(10(14)7-16)17-8-9-4-2-1-3-5-9/h6-7,9,15-16H,1-5,8,14H2. The minimum atomic E-state index is -0.173. The number of aliphatic hydroxyl groups is 1. The Morgan fingerprint density at radius 3 is 2.59 bits per heavy atom. The topological polar surface area (TPSA) is 79.3 Å². The summed E-state index contributed by atoms with van der Waals surface area (Å²) >= 11 is 5.46. The molecule has 1 saturated carbocycles. The Morgan fingerprint density at radius 2 is 2.06 bits per heavy atom. The van der Waals surface area contributed by atoms with Gasteiger partial charge in [-0.15, -0.1) is 0 Å². The summed E-state index contributed by atoms with van der Waals surface area (Å²) in [5, 5.41) is 15.8. The van der Waals surface area contributed by atoms with Crippen molar-refractivity contribution in [3.05, 3.63) is 23.8 Å². The number of hydrogen-bond donors (Lipinski definition) is 3. The van der Waals surface area contributed by atoms with Crippen LogP contribution in [0.4, 0.5) is 0 Å². The third-order valence-corrected chi connectivity index (χ3v) is 2.99. The molecule has 1 rings (SSSR count). The Bertz CT molecular complexity index is 320. The summed E-state index contributed by atoms with van der Waals surface area (Å²) in [6.07, 6.45) is 8.15. The quantitative estimate of drug-likeness (QED) is 0.403. The minimum absolute atomic E-state index is 0.0891. The first-order chi connectivity index (χ1) is 8.13. The molecule has 0 aromatic carbocycles. The average molecular weight is 259 g/mol. The molecule has 1 fully saturated rings. The third kappa shape index (κ3) is 5.13. The van der Waals surface area contributed by atoms with E-state index in [2.05, 4.69) is 0 Å². The second-order valence-corrected chi connectivity index (χ2v) is 4.66. The van der Waals surface area contributed by atoms with Gasteiger partial charge in [-0.25, -0.2) is 0 Å². The van der Waals surface area contributed by atoms with Gasteiger partial charge in [0.05, 0.1) is 6.61 Å². The summed E-state index contributed by atoms with van der Waals surface area (Å²) in [6, 6.07) is 0. The van der Waals surface area contributed by atoms with E-state index in [1.54, 1.807) is 0 Å². The number of nitrogens with one attached hydrogen (secondary N) is 1. The summed E-state index contributed by atoms with van der Waals surface area (Å²) in [7, 11) is 0. The molecule has 0 heterocycles. The first-order valence-electron chi connectivity index (χ1n) is 5.82. The van der Waals surface area contributed by atoms with Crippen LogP contribution in [0.25, 0.3) is 0 Å². The SMILES string of the molecule is N=C(Cl)C=C(OCC1CCCCC1)C(N)=CO. The van der Waals surface area contributed by atoms with Crippen LogP contribution in [0.2, 0.25) is 0 Å². The van der Waals surface area contributed by atoms with Crippen molar-refractivity contribution in [1.82, 2.24) is 0 Å². The van der Waals surface area contributed by atoms with Crippen molar-refractivity contribution in [1.29, 1.82) is 5.41 Å². The lowest BCUT2D eigenvalue weighted by Crippen LogP contribution is -2.15. The first kappa shape index (κ1) is 13.9. The molecule has 0 atom stereocenters. The van der Waals surface area contributed by atoms with E-state index in [0.29, 0.717) is 12.5 Å². The summed E-state index contributed by atoms with van der Waals surface area (Å²) in [6.45, 7) is 0.560. The van der Waals surface area contributed by atoms with Gasteiger partial charge in [0.2, 0.25) is 0 Å². The normalized spacial score (nSPS) is 19.1. The van der Waals surface area contributed by atoms with Gasteiger partial charge in [0.25, 0.3) is 0 Å². The van der Waals surface area contributed by atoms with E-state index >= 15 is 0 Å². The van der Waals surface area contributed by atoms with Gasteiger partial charge in [0, 0.05) is 6.08 Å². The maximum absolute atomic E-state index is 8.83. The Kier molecular flexibility index (Phi) is 5.91. The highest BCUT2D eigenvalue weighted by molar-refractivity contribution is 6.67. The molecule has 4 nitrogen and oxygen atoms in total. The molecule has 0 radical (unpaired) electrons. The van der Waals surface area contributed by atoms with Crippen LogP contribution in [0.15, 0.2) is 23.8 Å². The number of ether oxygens (including phenoxy) is 1. The maximum atomic E-state index is 8.83. The van der Waals surface area contributed by atoms with Gasteiger partial charge in [-0.1, -0.05) is 30.9 Å². The summed E-state index contributed by atoms with van der Waals surface area (Å²) < 4.78 is 5.53. The molecule has 0 aliphatic heterocycles. The largest absolute Gasteiger partial charge is 0.513 e. The molecule has 5 heteroatoms. The number of rotatable bonds is 5. The van der Waals surface area contributed by atoms with E-state index in [1.807, 2.05) is 0 Å². The maximum Gasteiger partial charge on any atom is 0.148 e. The van der Waals surface area contributed by atoms with E-state index in [-0.39, 0.29) is 16.6 Å². The minimum Gasteiger partial charge on any atom is -0.513 e. The van der Waals surface area contributed by atoms with Crippen LogP contribution >= 0.6 is 11.6 Å². The van der Waals surface area contributed by atoms with Crippen LogP contribution in [0.5, 0.6) is 0 Å². The molecule has 0 unspecified atom stereocenters. The Balaban J connectivity index is 2.51. The molecule has 0 amide bonds. The summed E-state index contributed by atoms with van der Waals surface area (Å²) in [4.78, 5) is 0. The van der Waals surface area contributed by atoms with Gasteiger partial charge in [-0.05, 0) is 18.8 Å². The van der Waals surface area contributed by atoms with E-state index in [0.717, 1.165) is 19.1 Å². The fourth-order valence-corrected chi connectivity index (χ4v) is 2.05. The van der Waals surface area contributed by atoms with Crippen LogP contribution in [-0.2, 0) is 4.74 Å². The number of allylic oxidation sites excluding steroid dienone is 1. The van der Waals surface area contributed by atoms with Gasteiger partial charge < -0.3 is 15.6 Å². The predicted octanol–water partition coefficient (Wildman–Crippen LogP) is 3.04. The van der Waals surface area contributed by atoms with Gasteiger partial charge in [0.15, 0.2) is 0 Å². The molecule has 0 spiro atoms. The number of halogens is 1. The van der Waals surface area contributed by atoms with Crippen molar-refractivity contribution in [2.75, 3.05) is 6.61 Å². The lowest BCUT2D eigenvalue weighted by molar-refractivity contribution is 0.146. The fourth-order valence-electron chi connectivity index (χ4n) is 1.95. The molecule has 0 bridgehead atoms. The van der Waals surface area contributed by atoms with Crippen LogP contribution < -0.4 is 5.73 Å². The van der Waals surface area contributed by atoms with Crippen molar-refractivity contribution < 1.29 is 9.84 Å². The fraction of sp³-hybridized carbons (Fsp3) is 0.583. The Morgan fingerprint density at radius 1 is 1.41 bits per heavy atom. The molecule has 0 aromatic heterocycles. The zero-order chi connectivity index (χ0) is 12.7. The van der Waals surface area contributed by atoms with Crippen molar-refractivity contribution in [2.45, 2.75) is 32.1 Å². The van der Waals surface area contributed by atoms with E-state index in [1.165, 1.54) is 25.3 Å². The lowest BCUT2D eigenvalue weighted by atomic mass is 9.90. The first-order valence-corrected chi connectivity index (χ1v) is 6.20.